The molecule has 0 saturated carbocycles. The van der Waals surface area contributed by atoms with Crippen LogP contribution in [0.3, 0.4) is 0 Å². The minimum absolute atomic E-state index is 0.120. The molecule has 0 aromatic carbocycles. The normalized spacial score (nSPS) is 14.8. The summed E-state index contributed by atoms with van der Waals surface area (Å²) in [5.41, 5.74) is 0. The molecule has 2 atom stereocenters. The van der Waals surface area contributed by atoms with Gasteiger partial charge in [0.1, 0.15) is 16.7 Å². The maximum Gasteiger partial charge on any atom is 0.134 e. The second-order valence-corrected chi connectivity index (χ2v) is 5.82. The van der Waals surface area contributed by atoms with E-state index in [1.165, 1.54) is 0 Å². The van der Waals surface area contributed by atoms with Crippen LogP contribution in [-0.2, 0) is 0 Å². The lowest BCUT2D eigenvalue weighted by Crippen LogP contribution is -2.15. The zero-order chi connectivity index (χ0) is 13.0. The van der Waals surface area contributed by atoms with E-state index in [-0.39, 0.29) is 11.4 Å². The van der Waals surface area contributed by atoms with Crippen LogP contribution in [0.2, 0.25) is 0 Å². The summed E-state index contributed by atoms with van der Waals surface area (Å²) in [5, 5.41) is 13.6. The predicted molar refractivity (Wildman–Crippen MR) is 72.7 cm³/mol. The summed E-state index contributed by atoms with van der Waals surface area (Å²) in [5.74, 6) is 1.95. The number of aliphatic hydroxyl groups excluding tert-OH is 1. The maximum absolute atomic E-state index is 9.51. The Balaban J connectivity index is 2.94. The van der Waals surface area contributed by atoms with Gasteiger partial charge < -0.3 is 10.4 Å². The van der Waals surface area contributed by atoms with Crippen LogP contribution in [0, 0.1) is 0 Å². The van der Waals surface area contributed by atoms with Crippen LogP contribution in [0.4, 0.5) is 5.82 Å². The van der Waals surface area contributed by atoms with E-state index >= 15 is 0 Å². The molecular formula is C12H21N3OS. The van der Waals surface area contributed by atoms with Crippen LogP contribution in [0.5, 0.6) is 0 Å². The zero-order valence-electron chi connectivity index (χ0n) is 11.1. The summed E-state index contributed by atoms with van der Waals surface area (Å²) in [6.45, 7) is 7.93. The van der Waals surface area contributed by atoms with Gasteiger partial charge in [0.15, 0.2) is 0 Å². The molecule has 0 aliphatic carbocycles. The number of aromatic nitrogens is 2. The lowest BCUT2D eigenvalue weighted by atomic mass is 10.2. The molecule has 0 aliphatic rings. The van der Waals surface area contributed by atoms with Gasteiger partial charge in [-0.1, -0.05) is 20.8 Å². The van der Waals surface area contributed by atoms with E-state index < -0.39 is 0 Å². The second kappa shape index (κ2) is 6.21. The Morgan fingerprint density at radius 3 is 2.35 bits per heavy atom. The first-order valence-corrected chi connectivity index (χ1v) is 6.73. The predicted octanol–water partition coefficient (Wildman–Crippen LogP) is 2.50. The zero-order valence-corrected chi connectivity index (χ0v) is 11.9. The van der Waals surface area contributed by atoms with Gasteiger partial charge in [0.25, 0.3) is 0 Å². The lowest BCUT2D eigenvalue weighted by molar-refractivity contribution is 0.196. The molecule has 1 aromatic rings. The third-order valence-electron chi connectivity index (χ3n) is 2.48. The second-order valence-electron chi connectivity index (χ2n) is 4.42. The van der Waals surface area contributed by atoms with Crippen LogP contribution in [0.15, 0.2) is 11.1 Å². The Morgan fingerprint density at radius 2 is 1.88 bits per heavy atom. The molecule has 0 radical (unpaired) electrons. The molecule has 1 aromatic heterocycles. The number of nitrogens with one attached hydrogen (secondary N) is 1. The molecule has 1 rings (SSSR count). The Kier molecular flexibility index (Phi) is 5.21. The molecule has 2 unspecified atom stereocenters. The fourth-order valence-corrected chi connectivity index (χ4v) is 2.08. The molecule has 5 heteroatoms. The van der Waals surface area contributed by atoms with E-state index in [0.29, 0.717) is 5.92 Å². The summed E-state index contributed by atoms with van der Waals surface area (Å²) in [7, 11) is 1.85. The number of hydrogen-bond donors (Lipinski definition) is 2. The van der Waals surface area contributed by atoms with Crippen molar-refractivity contribution in [1.82, 2.24) is 9.97 Å². The van der Waals surface area contributed by atoms with Gasteiger partial charge in [-0.05, 0) is 6.92 Å². The van der Waals surface area contributed by atoms with E-state index in [1.54, 1.807) is 18.7 Å². The van der Waals surface area contributed by atoms with Crippen molar-refractivity contribution in [3.05, 3.63) is 11.9 Å². The van der Waals surface area contributed by atoms with E-state index in [4.69, 9.17) is 0 Å². The van der Waals surface area contributed by atoms with E-state index in [9.17, 15) is 5.11 Å². The highest BCUT2D eigenvalue weighted by Crippen LogP contribution is 2.26. The average molecular weight is 255 g/mol. The summed E-state index contributed by atoms with van der Waals surface area (Å²) in [4.78, 5) is 8.91. The van der Waals surface area contributed by atoms with Gasteiger partial charge in [0.05, 0.1) is 6.10 Å². The molecular weight excluding hydrogens is 234 g/mol. The fraction of sp³-hybridized carbons (Fsp3) is 0.667. The quantitative estimate of drug-likeness (QED) is 0.625. The first kappa shape index (κ1) is 14.3. The molecule has 4 nitrogen and oxygen atoms in total. The first-order chi connectivity index (χ1) is 7.93. The minimum Gasteiger partial charge on any atom is -0.392 e. The van der Waals surface area contributed by atoms with Crippen molar-refractivity contribution in [2.45, 2.75) is 50.0 Å². The topological polar surface area (TPSA) is 58.0 Å². The SMILES string of the molecule is CNc1cc(SC(C)C(C)O)nc(C(C)C)n1. The third kappa shape index (κ3) is 4.16. The highest BCUT2D eigenvalue weighted by molar-refractivity contribution is 7.99. The molecule has 96 valence electrons. The molecule has 0 aliphatic heterocycles. The molecule has 2 N–H and O–H groups in total. The largest absolute Gasteiger partial charge is 0.392 e. The van der Waals surface area contributed by atoms with Gasteiger partial charge in [-0.15, -0.1) is 11.8 Å². The molecule has 0 bridgehead atoms. The van der Waals surface area contributed by atoms with Gasteiger partial charge in [0.2, 0.25) is 0 Å². The number of aliphatic hydroxyl groups is 1. The summed E-state index contributed by atoms with van der Waals surface area (Å²) in [6, 6.07) is 1.91. The molecule has 0 saturated heterocycles. The lowest BCUT2D eigenvalue weighted by Gasteiger charge is -2.15. The van der Waals surface area contributed by atoms with Gasteiger partial charge >= 0.3 is 0 Å². The van der Waals surface area contributed by atoms with Gasteiger partial charge in [-0.3, -0.25) is 0 Å². The summed E-state index contributed by atoms with van der Waals surface area (Å²) in [6.07, 6.45) is -0.351. The van der Waals surface area contributed by atoms with Gasteiger partial charge in [-0.25, -0.2) is 9.97 Å². The number of rotatable bonds is 5. The van der Waals surface area contributed by atoms with Crippen molar-refractivity contribution >= 4 is 17.6 Å². The summed E-state index contributed by atoms with van der Waals surface area (Å²) < 4.78 is 0. The highest BCUT2D eigenvalue weighted by atomic mass is 32.2. The van der Waals surface area contributed by atoms with Crippen molar-refractivity contribution < 1.29 is 5.11 Å². The van der Waals surface area contributed by atoms with Gasteiger partial charge in [-0.2, -0.15) is 0 Å². The van der Waals surface area contributed by atoms with Crippen LogP contribution >= 0.6 is 11.8 Å². The monoisotopic (exact) mass is 255 g/mol. The van der Waals surface area contributed by atoms with Crippen molar-refractivity contribution in [3.8, 4) is 0 Å². The number of thioether (sulfide) groups is 1. The maximum atomic E-state index is 9.51. The number of hydrogen-bond acceptors (Lipinski definition) is 5. The highest BCUT2D eigenvalue weighted by Gasteiger charge is 2.14. The summed E-state index contributed by atoms with van der Waals surface area (Å²) >= 11 is 1.57. The Hall–Kier alpha value is -0.810. The standard InChI is InChI=1S/C12H21N3OS/c1-7(2)12-14-10(13-5)6-11(15-12)17-9(4)8(3)16/h6-9,16H,1-5H3,(H,13,14,15). The molecule has 0 amide bonds. The van der Waals surface area contributed by atoms with Gasteiger partial charge in [0, 0.05) is 24.3 Å². The number of anilines is 1. The van der Waals surface area contributed by atoms with Crippen molar-refractivity contribution in [2.75, 3.05) is 12.4 Å². The Bertz CT molecular complexity index is 369. The molecule has 0 spiro atoms. The number of nitrogens with zero attached hydrogens (tertiary/aromatic N) is 2. The third-order valence-corrected chi connectivity index (χ3v) is 3.69. The molecule has 17 heavy (non-hydrogen) atoms. The van der Waals surface area contributed by atoms with Crippen LogP contribution in [0.25, 0.3) is 0 Å². The van der Waals surface area contributed by atoms with E-state index in [0.717, 1.165) is 16.7 Å². The smallest absolute Gasteiger partial charge is 0.134 e. The van der Waals surface area contributed by atoms with E-state index in [2.05, 4.69) is 29.1 Å². The van der Waals surface area contributed by atoms with Crippen molar-refractivity contribution in [2.24, 2.45) is 0 Å². The van der Waals surface area contributed by atoms with Crippen LogP contribution in [-0.4, -0.2) is 33.5 Å². The fourth-order valence-electron chi connectivity index (χ4n) is 1.18. The van der Waals surface area contributed by atoms with Crippen molar-refractivity contribution in [3.63, 3.8) is 0 Å². The molecule has 0 fully saturated rings. The van der Waals surface area contributed by atoms with Crippen LogP contribution in [0.1, 0.15) is 39.4 Å². The van der Waals surface area contributed by atoms with Crippen molar-refractivity contribution in [1.29, 1.82) is 0 Å². The first-order valence-electron chi connectivity index (χ1n) is 5.85. The Labute approximate surface area is 107 Å². The molecule has 1 heterocycles. The van der Waals surface area contributed by atoms with E-state index in [1.807, 2.05) is 20.0 Å². The minimum atomic E-state index is -0.351. The Morgan fingerprint density at radius 1 is 1.24 bits per heavy atom. The van der Waals surface area contributed by atoms with Crippen LogP contribution < -0.4 is 5.32 Å². The average Bonchev–Trinajstić information content (AvgIpc) is 2.28.